The Hall–Kier alpha value is -7.95. The SMILES string of the molecule is c1ccc(-c2nc(-c3ccccc3)nc(-c3ccc4c(c3)C3(c5ccccc5Oc5ccccc53)c3cc(-c5ccc6ccc7cccc8ccc5c6c78)ccc3-4)n2)cc1. The highest BCUT2D eigenvalue weighted by Crippen LogP contribution is 2.63. The summed E-state index contributed by atoms with van der Waals surface area (Å²) in [6.07, 6.45) is 0. The molecule has 0 atom stereocenters. The molecule has 2 aliphatic rings. The predicted molar refractivity (Wildman–Crippen MR) is 243 cm³/mol. The van der Waals surface area contributed by atoms with Gasteiger partial charge in [-0.05, 0) is 90.0 Å². The van der Waals surface area contributed by atoms with Crippen molar-refractivity contribution >= 4 is 32.3 Å². The minimum Gasteiger partial charge on any atom is -0.457 e. The van der Waals surface area contributed by atoms with Gasteiger partial charge < -0.3 is 4.74 Å². The van der Waals surface area contributed by atoms with Crippen molar-refractivity contribution in [2.45, 2.75) is 5.41 Å². The standard InChI is InChI=1S/C56H33N3O/c1-3-12-37(13-4-1)53-57-54(38-14-5-2-6-15-38)59-55(58-53)40-27-30-43-42-29-26-39(41-28-24-36-23-22-34-16-11-17-35-25-31-44(41)52(36)51(34)35)32-47(42)56(48(43)33-40)45-18-7-9-20-49(45)60-50-21-10-8-19-46(50)56/h1-33H. The van der Waals surface area contributed by atoms with E-state index >= 15 is 0 Å². The van der Waals surface area contributed by atoms with Crippen LogP contribution in [0, 0.1) is 0 Å². The number of benzene rings is 10. The maximum atomic E-state index is 6.74. The monoisotopic (exact) mass is 763 g/mol. The zero-order valence-corrected chi connectivity index (χ0v) is 32.3. The normalized spacial score (nSPS) is 13.3. The van der Waals surface area contributed by atoms with E-state index < -0.39 is 5.41 Å². The Morgan fingerprint density at radius 2 is 0.783 bits per heavy atom. The van der Waals surface area contributed by atoms with Gasteiger partial charge in [-0.1, -0.05) is 176 Å². The third-order valence-electron chi connectivity index (χ3n) is 12.7. The van der Waals surface area contributed by atoms with Crippen LogP contribution in [0.4, 0.5) is 0 Å². The van der Waals surface area contributed by atoms with Gasteiger partial charge in [-0.25, -0.2) is 15.0 Å². The third-order valence-corrected chi connectivity index (χ3v) is 12.7. The molecule has 278 valence electrons. The highest BCUT2D eigenvalue weighted by atomic mass is 16.5. The lowest BCUT2D eigenvalue weighted by atomic mass is 9.65. The Kier molecular flexibility index (Phi) is 6.90. The van der Waals surface area contributed by atoms with Crippen LogP contribution in [0.2, 0.25) is 0 Å². The predicted octanol–water partition coefficient (Wildman–Crippen LogP) is 13.9. The molecule has 1 aliphatic carbocycles. The van der Waals surface area contributed by atoms with Gasteiger partial charge in [-0.3, -0.25) is 0 Å². The molecule has 0 saturated heterocycles. The molecule has 0 fully saturated rings. The van der Waals surface area contributed by atoms with Crippen molar-refractivity contribution in [3.63, 3.8) is 0 Å². The molecular weight excluding hydrogens is 731 g/mol. The number of fused-ring (bicyclic) bond motifs is 9. The molecule has 60 heavy (non-hydrogen) atoms. The first-order valence-electron chi connectivity index (χ1n) is 20.4. The molecule has 0 N–H and O–H groups in total. The van der Waals surface area contributed by atoms with E-state index in [1.54, 1.807) is 0 Å². The summed E-state index contributed by atoms with van der Waals surface area (Å²) in [5, 5.41) is 7.68. The first kappa shape index (κ1) is 33.1. The second-order valence-electron chi connectivity index (χ2n) is 15.9. The largest absolute Gasteiger partial charge is 0.457 e. The van der Waals surface area contributed by atoms with E-state index in [-0.39, 0.29) is 0 Å². The van der Waals surface area contributed by atoms with Crippen LogP contribution in [0.15, 0.2) is 200 Å². The van der Waals surface area contributed by atoms with Gasteiger partial charge >= 0.3 is 0 Å². The lowest BCUT2D eigenvalue weighted by Gasteiger charge is -2.39. The molecule has 0 bridgehead atoms. The summed E-state index contributed by atoms with van der Waals surface area (Å²) in [4.78, 5) is 15.3. The Bertz CT molecular complexity index is 3400. The average Bonchev–Trinajstić information content (AvgIpc) is 3.60. The Labute approximate surface area is 346 Å². The molecule has 4 heteroatoms. The van der Waals surface area contributed by atoms with Gasteiger partial charge in [0.2, 0.25) is 0 Å². The third kappa shape index (κ3) is 4.64. The van der Waals surface area contributed by atoms with E-state index in [0.29, 0.717) is 17.5 Å². The molecule has 1 spiro atoms. The van der Waals surface area contributed by atoms with E-state index in [4.69, 9.17) is 19.7 Å². The molecule has 4 nitrogen and oxygen atoms in total. The zero-order valence-electron chi connectivity index (χ0n) is 32.3. The van der Waals surface area contributed by atoms with Gasteiger partial charge in [0, 0.05) is 27.8 Å². The van der Waals surface area contributed by atoms with E-state index in [1.807, 2.05) is 36.4 Å². The van der Waals surface area contributed by atoms with E-state index in [9.17, 15) is 0 Å². The van der Waals surface area contributed by atoms with Crippen LogP contribution in [0.3, 0.4) is 0 Å². The van der Waals surface area contributed by atoms with Crippen molar-refractivity contribution < 1.29 is 4.74 Å². The molecule has 0 unspecified atom stereocenters. The highest BCUT2D eigenvalue weighted by molar-refractivity contribution is 6.25. The smallest absolute Gasteiger partial charge is 0.164 e. The number of aromatic nitrogens is 3. The fraction of sp³-hybridized carbons (Fsp3) is 0.0179. The fourth-order valence-corrected chi connectivity index (χ4v) is 10.1. The number of para-hydroxylation sites is 2. The van der Waals surface area contributed by atoms with Gasteiger partial charge in [0.1, 0.15) is 11.5 Å². The second kappa shape index (κ2) is 12.5. The van der Waals surface area contributed by atoms with Gasteiger partial charge in [0.25, 0.3) is 0 Å². The van der Waals surface area contributed by atoms with Crippen LogP contribution in [-0.4, -0.2) is 15.0 Å². The molecule has 10 aromatic carbocycles. The number of hydrogen-bond acceptors (Lipinski definition) is 4. The van der Waals surface area contributed by atoms with Crippen molar-refractivity contribution in [1.82, 2.24) is 15.0 Å². The van der Waals surface area contributed by atoms with Gasteiger partial charge in [-0.15, -0.1) is 0 Å². The van der Waals surface area contributed by atoms with Crippen LogP contribution < -0.4 is 4.74 Å². The van der Waals surface area contributed by atoms with Gasteiger partial charge in [0.05, 0.1) is 5.41 Å². The average molecular weight is 764 g/mol. The van der Waals surface area contributed by atoms with Gasteiger partial charge in [-0.2, -0.15) is 0 Å². The topological polar surface area (TPSA) is 47.9 Å². The summed E-state index contributed by atoms with van der Waals surface area (Å²) in [5.74, 6) is 3.60. The van der Waals surface area contributed by atoms with Crippen LogP contribution in [0.25, 0.3) is 88.7 Å². The van der Waals surface area contributed by atoms with Crippen molar-refractivity contribution in [2.75, 3.05) is 0 Å². The maximum absolute atomic E-state index is 6.74. The first-order chi connectivity index (χ1) is 29.7. The second-order valence-corrected chi connectivity index (χ2v) is 15.9. The summed E-state index contributed by atoms with van der Waals surface area (Å²) in [7, 11) is 0. The summed E-state index contributed by atoms with van der Waals surface area (Å²) in [6.45, 7) is 0. The van der Waals surface area contributed by atoms with Crippen LogP contribution in [0.1, 0.15) is 22.3 Å². The highest BCUT2D eigenvalue weighted by Gasteiger charge is 2.51. The Balaban J connectivity index is 1.08. The van der Waals surface area contributed by atoms with Crippen LogP contribution in [0.5, 0.6) is 11.5 Å². The summed E-state index contributed by atoms with van der Waals surface area (Å²) in [5.41, 5.74) is 11.5. The molecule has 1 aromatic heterocycles. The van der Waals surface area contributed by atoms with E-state index in [0.717, 1.165) is 39.3 Å². The number of hydrogen-bond donors (Lipinski definition) is 0. The van der Waals surface area contributed by atoms with Crippen LogP contribution in [-0.2, 0) is 5.41 Å². The lowest BCUT2D eigenvalue weighted by molar-refractivity contribution is 0.436. The zero-order chi connectivity index (χ0) is 39.4. The molecular formula is C56H33N3O. The van der Waals surface area contributed by atoms with Crippen molar-refractivity contribution in [3.8, 4) is 67.9 Å². The van der Waals surface area contributed by atoms with E-state index in [2.05, 4.69) is 164 Å². The van der Waals surface area contributed by atoms with E-state index in [1.165, 1.54) is 65.7 Å². The molecule has 0 amide bonds. The van der Waals surface area contributed by atoms with Crippen molar-refractivity contribution in [2.24, 2.45) is 0 Å². The Morgan fingerprint density at radius 3 is 1.40 bits per heavy atom. The molecule has 1 aliphatic heterocycles. The maximum Gasteiger partial charge on any atom is 0.164 e. The molecule has 0 radical (unpaired) electrons. The quantitative estimate of drug-likeness (QED) is 0.168. The van der Waals surface area contributed by atoms with Gasteiger partial charge in [0.15, 0.2) is 17.5 Å². The summed E-state index contributed by atoms with van der Waals surface area (Å²) in [6, 6.07) is 71.5. The number of ether oxygens (including phenoxy) is 1. The van der Waals surface area contributed by atoms with Crippen LogP contribution >= 0.6 is 0 Å². The summed E-state index contributed by atoms with van der Waals surface area (Å²) >= 11 is 0. The molecule has 11 aromatic rings. The molecule has 13 rings (SSSR count). The number of rotatable bonds is 4. The van der Waals surface area contributed by atoms with Crippen molar-refractivity contribution in [1.29, 1.82) is 0 Å². The summed E-state index contributed by atoms with van der Waals surface area (Å²) < 4.78 is 6.74. The minimum absolute atomic E-state index is 0.625. The van der Waals surface area contributed by atoms with Crippen molar-refractivity contribution in [3.05, 3.63) is 222 Å². The number of nitrogens with zero attached hydrogens (tertiary/aromatic N) is 3. The first-order valence-corrected chi connectivity index (χ1v) is 20.4. The fourth-order valence-electron chi connectivity index (χ4n) is 10.1. The Morgan fingerprint density at radius 1 is 0.317 bits per heavy atom. The lowest BCUT2D eigenvalue weighted by Crippen LogP contribution is -2.32. The molecule has 0 saturated carbocycles. The molecule has 2 heterocycles. The minimum atomic E-state index is -0.691.